The average molecular weight is 371 g/mol. The Morgan fingerprint density at radius 3 is 2.54 bits per heavy atom. The molecule has 3 rings (SSSR count). The topological polar surface area (TPSA) is 66.8 Å². The number of hydrogen-bond donors (Lipinski definition) is 1. The summed E-state index contributed by atoms with van der Waals surface area (Å²) in [5.41, 5.74) is 1.79. The second kappa shape index (κ2) is 7.83. The number of para-hydroxylation sites is 1. The SMILES string of the molecule is CC(C)Oc1ccc(CN2C(=O)C(CC(=O)O)Sc3ccccc32)cc1. The van der Waals surface area contributed by atoms with E-state index in [0.717, 1.165) is 21.9 Å². The van der Waals surface area contributed by atoms with Crippen molar-refractivity contribution in [1.29, 1.82) is 0 Å². The first-order chi connectivity index (χ1) is 12.4. The Morgan fingerprint density at radius 1 is 1.19 bits per heavy atom. The Bertz CT molecular complexity index is 804. The van der Waals surface area contributed by atoms with Gasteiger partial charge in [0.2, 0.25) is 5.91 Å². The van der Waals surface area contributed by atoms with Crippen molar-refractivity contribution in [2.24, 2.45) is 0 Å². The minimum absolute atomic E-state index is 0.102. The van der Waals surface area contributed by atoms with Crippen LogP contribution in [0.15, 0.2) is 53.4 Å². The number of ether oxygens (including phenoxy) is 1. The van der Waals surface area contributed by atoms with E-state index in [-0.39, 0.29) is 18.4 Å². The van der Waals surface area contributed by atoms with Gasteiger partial charge in [-0.15, -0.1) is 11.8 Å². The number of carbonyl (C=O) groups excluding carboxylic acids is 1. The number of rotatable bonds is 6. The summed E-state index contributed by atoms with van der Waals surface area (Å²) in [5.74, 6) is -0.350. The van der Waals surface area contributed by atoms with Gasteiger partial charge in [0.05, 0.1) is 30.0 Å². The van der Waals surface area contributed by atoms with E-state index in [1.165, 1.54) is 11.8 Å². The van der Waals surface area contributed by atoms with Crippen LogP contribution in [0.5, 0.6) is 5.75 Å². The largest absolute Gasteiger partial charge is 0.491 e. The van der Waals surface area contributed by atoms with Crippen LogP contribution in [0.25, 0.3) is 0 Å². The Hall–Kier alpha value is -2.47. The van der Waals surface area contributed by atoms with Gasteiger partial charge >= 0.3 is 5.97 Å². The van der Waals surface area contributed by atoms with Gasteiger partial charge in [-0.1, -0.05) is 24.3 Å². The normalized spacial score (nSPS) is 16.5. The minimum Gasteiger partial charge on any atom is -0.491 e. The molecule has 0 bridgehead atoms. The predicted octanol–water partition coefficient (Wildman–Crippen LogP) is 3.96. The molecule has 2 aromatic rings. The molecule has 0 fully saturated rings. The molecular weight excluding hydrogens is 350 g/mol. The van der Waals surface area contributed by atoms with Crippen LogP contribution >= 0.6 is 11.8 Å². The quantitative estimate of drug-likeness (QED) is 0.833. The van der Waals surface area contributed by atoms with Crippen LogP contribution in [-0.2, 0) is 16.1 Å². The standard InChI is InChI=1S/C20H21NO4S/c1-13(2)25-15-9-7-14(8-10-15)12-21-16-5-3-4-6-17(16)26-18(20(21)24)11-19(22)23/h3-10,13,18H,11-12H2,1-2H3,(H,22,23). The molecule has 0 saturated heterocycles. The van der Waals surface area contributed by atoms with Gasteiger partial charge < -0.3 is 14.7 Å². The fourth-order valence-electron chi connectivity index (χ4n) is 2.85. The van der Waals surface area contributed by atoms with Crippen LogP contribution in [0.2, 0.25) is 0 Å². The van der Waals surface area contributed by atoms with Crippen LogP contribution in [0, 0.1) is 0 Å². The summed E-state index contributed by atoms with van der Waals surface area (Å²) in [5, 5.41) is 8.51. The maximum absolute atomic E-state index is 12.9. The van der Waals surface area contributed by atoms with Gasteiger partial charge in [-0.2, -0.15) is 0 Å². The highest BCUT2D eigenvalue weighted by Gasteiger charge is 2.34. The lowest BCUT2D eigenvalue weighted by atomic mass is 10.1. The van der Waals surface area contributed by atoms with Crippen LogP contribution < -0.4 is 9.64 Å². The zero-order valence-electron chi connectivity index (χ0n) is 14.7. The lowest BCUT2D eigenvalue weighted by Gasteiger charge is -2.33. The third-order valence-corrected chi connectivity index (χ3v) is 5.21. The summed E-state index contributed by atoms with van der Waals surface area (Å²) >= 11 is 1.32. The van der Waals surface area contributed by atoms with Gasteiger partial charge in [0.15, 0.2) is 0 Å². The first-order valence-corrected chi connectivity index (χ1v) is 9.36. The van der Waals surface area contributed by atoms with E-state index in [1.807, 2.05) is 62.4 Å². The zero-order chi connectivity index (χ0) is 18.7. The van der Waals surface area contributed by atoms with Crippen LogP contribution in [0.4, 0.5) is 5.69 Å². The average Bonchev–Trinajstić information content (AvgIpc) is 2.59. The molecule has 1 heterocycles. The monoisotopic (exact) mass is 371 g/mol. The molecule has 136 valence electrons. The number of amides is 1. The molecule has 1 unspecified atom stereocenters. The number of thioether (sulfide) groups is 1. The van der Waals surface area contributed by atoms with Gasteiger partial charge in [-0.25, -0.2) is 0 Å². The molecule has 0 aliphatic carbocycles. The number of benzene rings is 2. The first kappa shape index (κ1) is 18.3. The van der Waals surface area contributed by atoms with Gasteiger partial charge in [0.1, 0.15) is 5.75 Å². The first-order valence-electron chi connectivity index (χ1n) is 8.48. The number of fused-ring (bicyclic) bond motifs is 1. The summed E-state index contributed by atoms with van der Waals surface area (Å²) in [7, 11) is 0. The number of hydrogen-bond acceptors (Lipinski definition) is 4. The summed E-state index contributed by atoms with van der Waals surface area (Å²) in [6.07, 6.45) is -0.0830. The number of aliphatic carboxylic acids is 1. The maximum atomic E-state index is 12.9. The van der Waals surface area contributed by atoms with Crippen LogP contribution in [-0.4, -0.2) is 28.3 Å². The highest BCUT2D eigenvalue weighted by atomic mass is 32.2. The Labute approximate surface area is 157 Å². The van der Waals surface area contributed by atoms with Crippen LogP contribution in [0.1, 0.15) is 25.8 Å². The van der Waals surface area contributed by atoms with Crippen molar-refractivity contribution in [2.75, 3.05) is 4.90 Å². The second-order valence-electron chi connectivity index (χ2n) is 6.41. The summed E-state index contributed by atoms with van der Waals surface area (Å²) in [6, 6.07) is 15.2. The second-order valence-corrected chi connectivity index (χ2v) is 7.65. The molecule has 0 aromatic heterocycles. The number of nitrogens with zero attached hydrogens (tertiary/aromatic N) is 1. The van der Waals surface area contributed by atoms with E-state index in [9.17, 15) is 9.59 Å². The van der Waals surface area contributed by atoms with Crippen molar-refractivity contribution in [2.45, 2.75) is 43.1 Å². The number of carbonyl (C=O) groups is 2. The van der Waals surface area contributed by atoms with E-state index in [1.54, 1.807) is 4.90 Å². The van der Waals surface area contributed by atoms with E-state index >= 15 is 0 Å². The molecule has 26 heavy (non-hydrogen) atoms. The van der Waals surface area contributed by atoms with E-state index < -0.39 is 11.2 Å². The molecule has 0 saturated carbocycles. The molecule has 1 aliphatic heterocycles. The van der Waals surface area contributed by atoms with Crippen molar-refractivity contribution in [3.05, 3.63) is 54.1 Å². The molecule has 0 spiro atoms. The maximum Gasteiger partial charge on any atom is 0.305 e. The summed E-state index contributed by atoms with van der Waals surface area (Å²) in [6.45, 7) is 4.34. The van der Waals surface area contributed by atoms with Crippen LogP contribution in [0.3, 0.4) is 0 Å². The van der Waals surface area contributed by atoms with Crippen molar-refractivity contribution >= 4 is 29.3 Å². The molecule has 1 amide bonds. The van der Waals surface area contributed by atoms with Crippen molar-refractivity contribution < 1.29 is 19.4 Å². The molecule has 2 aromatic carbocycles. The smallest absolute Gasteiger partial charge is 0.305 e. The molecule has 0 radical (unpaired) electrons. The van der Waals surface area contributed by atoms with Gasteiger partial charge in [-0.05, 0) is 43.7 Å². The zero-order valence-corrected chi connectivity index (χ0v) is 15.5. The molecule has 5 nitrogen and oxygen atoms in total. The van der Waals surface area contributed by atoms with Crippen molar-refractivity contribution in [1.82, 2.24) is 0 Å². The predicted molar refractivity (Wildman–Crippen MR) is 102 cm³/mol. The number of carboxylic acid groups (broad SMARTS) is 1. The third kappa shape index (κ3) is 4.19. The summed E-state index contributed by atoms with van der Waals surface area (Å²) in [4.78, 5) is 26.6. The lowest BCUT2D eigenvalue weighted by Crippen LogP contribution is -2.41. The third-order valence-electron chi connectivity index (χ3n) is 3.96. The van der Waals surface area contributed by atoms with E-state index in [2.05, 4.69) is 0 Å². The fourth-order valence-corrected chi connectivity index (χ4v) is 4.07. The van der Waals surface area contributed by atoms with Gasteiger partial charge in [0.25, 0.3) is 0 Å². The summed E-state index contributed by atoms with van der Waals surface area (Å²) < 4.78 is 5.65. The number of carboxylic acids is 1. The molecule has 1 atom stereocenters. The highest BCUT2D eigenvalue weighted by Crippen LogP contribution is 2.40. The molecule has 6 heteroatoms. The fraction of sp³-hybridized carbons (Fsp3) is 0.300. The van der Waals surface area contributed by atoms with Crippen molar-refractivity contribution in [3.8, 4) is 5.75 Å². The molecule has 1 aliphatic rings. The van der Waals surface area contributed by atoms with Crippen molar-refractivity contribution in [3.63, 3.8) is 0 Å². The van der Waals surface area contributed by atoms with Gasteiger partial charge in [-0.3, -0.25) is 9.59 Å². The minimum atomic E-state index is -0.967. The Balaban J connectivity index is 1.84. The molecule has 1 N–H and O–H groups in total. The van der Waals surface area contributed by atoms with Gasteiger partial charge in [0, 0.05) is 4.90 Å². The van der Waals surface area contributed by atoms with E-state index in [0.29, 0.717) is 6.54 Å². The molecular formula is C20H21NO4S. The Kier molecular flexibility index (Phi) is 5.52. The Morgan fingerprint density at radius 2 is 1.88 bits per heavy atom. The highest BCUT2D eigenvalue weighted by molar-refractivity contribution is 8.01. The van der Waals surface area contributed by atoms with E-state index in [4.69, 9.17) is 9.84 Å². The lowest BCUT2D eigenvalue weighted by molar-refractivity contribution is -0.138. The number of anilines is 1.